The molecule has 0 aromatic carbocycles. The number of carbonyl (C=O) groups is 5. The molecule has 2 aliphatic heterocycles. The molecule has 20 heteroatoms. The molecular formula is C23H28N10O8S2. The van der Waals surface area contributed by atoms with E-state index in [1.807, 2.05) is 0 Å². The van der Waals surface area contributed by atoms with Crippen molar-refractivity contribution in [1.29, 1.82) is 0 Å². The zero-order chi connectivity index (χ0) is 31.6. The number of hydrogen-bond acceptors (Lipinski definition) is 14. The van der Waals surface area contributed by atoms with Gasteiger partial charge in [0.05, 0.1) is 24.3 Å². The first-order valence-electron chi connectivity index (χ1n) is 12.6. The predicted molar refractivity (Wildman–Crippen MR) is 149 cm³/mol. The summed E-state index contributed by atoms with van der Waals surface area (Å²) < 4.78 is 7.22. The van der Waals surface area contributed by atoms with Crippen LogP contribution in [-0.2, 0) is 48.8 Å². The largest absolute Gasteiger partial charge is 0.543 e. The maximum Gasteiger partial charge on any atom is 0.350 e. The SMILES string of the molecule is Cn1c(N)c(CCNC=O)c[n+]1CC1=C(C(=O)[O-])N2C(=O)[C@@H](NC(=O)/C(=N\OC(C)(C)C(=O)O)c3nsc(N)n3)[C@H]2SC1. The van der Waals surface area contributed by atoms with E-state index >= 15 is 0 Å². The molecule has 2 atom stereocenters. The number of rotatable bonds is 13. The Morgan fingerprint density at radius 2 is 2.09 bits per heavy atom. The maximum atomic E-state index is 13.2. The number of amides is 3. The van der Waals surface area contributed by atoms with E-state index < -0.39 is 46.5 Å². The molecule has 2 aromatic rings. The zero-order valence-electron chi connectivity index (χ0n) is 23.1. The summed E-state index contributed by atoms with van der Waals surface area (Å²) in [4.78, 5) is 70.6. The Kier molecular flexibility index (Phi) is 8.90. The van der Waals surface area contributed by atoms with E-state index in [1.54, 1.807) is 22.6 Å². The summed E-state index contributed by atoms with van der Waals surface area (Å²) in [5.41, 5.74) is 10.3. The number of β-lactam (4-membered cyclic amide) rings is 1. The highest BCUT2D eigenvalue weighted by Crippen LogP contribution is 2.40. The van der Waals surface area contributed by atoms with E-state index in [1.165, 1.54) is 25.6 Å². The van der Waals surface area contributed by atoms with Crippen LogP contribution < -0.4 is 31.9 Å². The molecule has 7 N–H and O–H groups in total. The van der Waals surface area contributed by atoms with Crippen molar-refractivity contribution in [2.75, 3.05) is 23.8 Å². The van der Waals surface area contributed by atoms with Gasteiger partial charge < -0.3 is 41.9 Å². The monoisotopic (exact) mass is 636 g/mol. The highest BCUT2D eigenvalue weighted by Gasteiger charge is 2.53. The van der Waals surface area contributed by atoms with Gasteiger partial charge in [-0.2, -0.15) is 9.36 Å². The molecule has 1 saturated heterocycles. The zero-order valence-corrected chi connectivity index (χ0v) is 24.7. The average Bonchev–Trinajstić information content (AvgIpc) is 3.49. The van der Waals surface area contributed by atoms with E-state index in [0.717, 1.165) is 22.0 Å². The van der Waals surface area contributed by atoms with Gasteiger partial charge in [-0.3, -0.25) is 19.3 Å². The van der Waals surface area contributed by atoms with E-state index in [9.17, 15) is 34.2 Å². The van der Waals surface area contributed by atoms with Crippen molar-refractivity contribution in [3.8, 4) is 0 Å². The van der Waals surface area contributed by atoms with Crippen LogP contribution in [0.4, 0.5) is 10.9 Å². The van der Waals surface area contributed by atoms with Crippen molar-refractivity contribution in [1.82, 2.24) is 29.6 Å². The lowest BCUT2D eigenvalue weighted by atomic mass is 10.0. The van der Waals surface area contributed by atoms with Gasteiger partial charge in [-0.05, 0) is 20.3 Å². The predicted octanol–water partition coefficient (Wildman–Crippen LogP) is -3.69. The minimum atomic E-state index is -1.81. The molecule has 0 radical (unpaired) electrons. The van der Waals surface area contributed by atoms with Gasteiger partial charge in [0.25, 0.3) is 11.8 Å². The minimum Gasteiger partial charge on any atom is -0.543 e. The number of oxime groups is 1. The molecule has 0 spiro atoms. The van der Waals surface area contributed by atoms with Crippen LogP contribution in [0.1, 0.15) is 25.2 Å². The normalized spacial score (nSPS) is 18.5. The fourth-order valence-electron chi connectivity index (χ4n) is 4.20. The molecule has 0 bridgehead atoms. The number of nitrogens with one attached hydrogen (secondary N) is 2. The van der Waals surface area contributed by atoms with Gasteiger partial charge in [0.1, 0.15) is 11.4 Å². The molecular weight excluding hydrogens is 608 g/mol. The Morgan fingerprint density at radius 1 is 1.37 bits per heavy atom. The highest BCUT2D eigenvalue weighted by atomic mass is 32.2. The first-order valence-corrected chi connectivity index (χ1v) is 14.4. The number of nitrogen functional groups attached to an aromatic ring is 2. The smallest absolute Gasteiger partial charge is 0.350 e. The fraction of sp³-hybridized carbons (Fsp3) is 0.435. The number of nitrogens with zero attached hydrogens (tertiary/aromatic N) is 6. The second kappa shape index (κ2) is 12.3. The highest BCUT2D eigenvalue weighted by molar-refractivity contribution is 8.00. The third-order valence-corrected chi connectivity index (χ3v) is 8.50. The molecule has 4 rings (SSSR count). The van der Waals surface area contributed by atoms with Gasteiger partial charge in [-0.25, -0.2) is 4.79 Å². The number of carboxylic acids is 2. The Hall–Kier alpha value is -4.72. The van der Waals surface area contributed by atoms with Crippen molar-refractivity contribution in [3.63, 3.8) is 0 Å². The number of aliphatic carboxylic acids is 2. The Morgan fingerprint density at radius 3 is 2.70 bits per heavy atom. The number of anilines is 2. The number of hydrogen-bond donors (Lipinski definition) is 5. The van der Waals surface area contributed by atoms with Crippen LogP contribution in [0, 0.1) is 0 Å². The number of fused-ring (bicyclic) bond motifs is 1. The van der Waals surface area contributed by atoms with Crippen LogP contribution in [-0.4, -0.2) is 89.2 Å². The molecule has 18 nitrogen and oxygen atoms in total. The molecule has 4 heterocycles. The van der Waals surface area contributed by atoms with Crippen LogP contribution in [0.2, 0.25) is 0 Å². The summed E-state index contributed by atoms with van der Waals surface area (Å²) >= 11 is 1.98. The molecule has 230 valence electrons. The fourth-order valence-corrected chi connectivity index (χ4v) is 5.97. The van der Waals surface area contributed by atoms with Crippen molar-refractivity contribution in [3.05, 3.63) is 28.9 Å². The number of nitrogens with two attached hydrogens (primary N) is 2. The quantitative estimate of drug-likeness (QED) is 0.0354. The number of aromatic nitrogens is 4. The maximum absolute atomic E-state index is 13.2. The van der Waals surface area contributed by atoms with Gasteiger partial charge >= 0.3 is 5.97 Å². The number of thioether (sulfide) groups is 1. The van der Waals surface area contributed by atoms with Gasteiger partial charge in [-0.1, -0.05) is 5.16 Å². The third-order valence-electron chi connectivity index (χ3n) is 6.62. The van der Waals surface area contributed by atoms with Crippen molar-refractivity contribution in [2.45, 2.75) is 43.8 Å². The standard InChI is InChI=1S/C23H28N10O8S2/c1-23(2,21(39)40)41-29-12(16-28-22(25)43-30-16)17(35)27-13-18(36)33-14(20(37)38)11(8-42-19(13)33)7-32-6-10(4-5-26-9-34)15(24)31(32)3/h6,9,13,19,24H,4-5,7-8H2,1-3H3,(H6,25,26,27,28,30,34,35,37,38,39,40)/b29-12-/t13-,19-/m1/s1. The lowest BCUT2D eigenvalue weighted by Gasteiger charge is -2.50. The van der Waals surface area contributed by atoms with E-state index in [2.05, 4.69) is 25.1 Å². The van der Waals surface area contributed by atoms with Crippen LogP contribution in [0.25, 0.3) is 0 Å². The average molecular weight is 637 g/mol. The van der Waals surface area contributed by atoms with Crippen LogP contribution in [0.3, 0.4) is 0 Å². The van der Waals surface area contributed by atoms with Crippen LogP contribution in [0.5, 0.6) is 0 Å². The van der Waals surface area contributed by atoms with Crippen molar-refractivity contribution < 1.29 is 43.7 Å². The summed E-state index contributed by atoms with van der Waals surface area (Å²) in [6.07, 6.45) is 2.76. The molecule has 0 unspecified atom stereocenters. The first-order chi connectivity index (χ1) is 20.3. The minimum absolute atomic E-state index is 0.000549. The summed E-state index contributed by atoms with van der Waals surface area (Å²) in [6, 6.07) is -1.16. The van der Waals surface area contributed by atoms with E-state index in [-0.39, 0.29) is 29.0 Å². The van der Waals surface area contributed by atoms with Gasteiger partial charge in [0.2, 0.25) is 29.7 Å². The lowest BCUT2D eigenvalue weighted by Crippen LogP contribution is -2.71. The number of carboxylic acid groups (broad SMARTS) is 2. The summed E-state index contributed by atoms with van der Waals surface area (Å²) in [5, 5.41) is 29.4. The third kappa shape index (κ3) is 6.23. The molecule has 2 aromatic heterocycles. The molecule has 0 saturated carbocycles. The van der Waals surface area contributed by atoms with Crippen LogP contribution in [0.15, 0.2) is 22.6 Å². The Balaban J connectivity index is 1.54. The second-order valence-corrected chi connectivity index (χ2v) is 11.8. The summed E-state index contributed by atoms with van der Waals surface area (Å²) in [7, 11) is 1.69. The second-order valence-electron chi connectivity index (χ2n) is 9.89. The Bertz CT molecular complexity index is 1550. The van der Waals surface area contributed by atoms with Gasteiger partial charge in [0, 0.05) is 29.4 Å². The first kappa shape index (κ1) is 31.2. The van der Waals surface area contributed by atoms with Gasteiger partial charge in [-0.15, -0.1) is 21.1 Å². The summed E-state index contributed by atoms with van der Waals surface area (Å²) in [6.45, 7) is 2.86. The Labute approximate surface area is 251 Å². The van der Waals surface area contributed by atoms with Crippen molar-refractivity contribution in [2.24, 2.45) is 12.2 Å². The lowest BCUT2D eigenvalue weighted by molar-refractivity contribution is -0.765. The molecule has 3 amide bonds. The summed E-state index contributed by atoms with van der Waals surface area (Å²) in [5.74, 6) is -4.23. The van der Waals surface area contributed by atoms with Crippen LogP contribution >= 0.6 is 23.3 Å². The molecule has 0 aliphatic carbocycles. The topological polar surface area (TPSA) is 264 Å². The van der Waals surface area contributed by atoms with E-state index in [4.69, 9.17) is 16.3 Å². The van der Waals surface area contributed by atoms with Crippen molar-refractivity contribution >= 4 is 70.1 Å². The van der Waals surface area contributed by atoms with E-state index in [0.29, 0.717) is 30.8 Å². The molecule has 1 fully saturated rings. The van der Waals surface area contributed by atoms with Gasteiger partial charge in [0.15, 0.2) is 17.5 Å². The molecule has 43 heavy (non-hydrogen) atoms. The number of carbonyl (C=O) groups excluding carboxylic acids is 4. The molecule has 2 aliphatic rings.